The first kappa shape index (κ1) is 17.4. The van der Waals surface area contributed by atoms with Gasteiger partial charge in [-0.2, -0.15) is 0 Å². The van der Waals surface area contributed by atoms with Gasteiger partial charge in [-0.1, -0.05) is 30.3 Å². The van der Waals surface area contributed by atoms with Crippen molar-refractivity contribution in [3.63, 3.8) is 0 Å². The molecule has 0 fully saturated rings. The van der Waals surface area contributed by atoms with Gasteiger partial charge >= 0.3 is 7.60 Å². The molecule has 0 aliphatic carbocycles. The van der Waals surface area contributed by atoms with E-state index in [2.05, 4.69) is 0 Å². The third-order valence-corrected chi connectivity index (χ3v) is 4.86. The van der Waals surface area contributed by atoms with Crippen LogP contribution in [0, 0.1) is 0 Å². The second-order valence-corrected chi connectivity index (χ2v) is 6.50. The van der Waals surface area contributed by atoms with Gasteiger partial charge in [-0.05, 0) is 38.1 Å². The third-order valence-electron chi connectivity index (χ3n) is 2.91. The van der Waals surface area contributed by atoms with Gasteiger partial charge in [0.1, 0.15) is 11.5 Å². The first-order chi connectivity index (χ1) is 11.1. The highest BCUT2D eigenvalue weighted by atomic mass is 31.2. The van der Waals surface area contributed by atoms with Crippen molar-refractivity contribution >= 4 is 13.1 Å². The van der Waals surface area contributed by atoms with Gasteiger partial charge in [0.15, 0.2) is 0 Å². The molecule has 0 radical (unpaired) electrons. The summed E-state index contributed by atoms with van der Waals surface area (Å²) in [5.74, 6) is 1.12. The second kappa shape index (κ2) is 8.06. The Balaban J connectivity index is 2.24. The SMILES string of the molecule is CCOP(=O)(OCC)C(=O)c1cccc(Oc2ccccc2)c1. The van der Waals surface area contributed by atoms with Crippen LogP contribution >= 0.6 is 7.60 Å². The van der Waals surface area contributed by atoms with Crippen LogP contribution < -0.4 is 4.74 Å². The summed E-state index contributed by atoms with van der Waals surface area (Å²) in [6.45, 7) is 3.58. The van der Waals surface area contributed by atoms with Crippen LogP contribution in [0.25, 0.3) is 0 Å². The van der Waals surface area contributed by atoms with Crippen molar-refractivity contribution in [1.29, 1.82) is 0 Å². The monoisotopic (exact) mass is 334 g/mol. The summed E-state index contributed by atoms with van der Waals surface area (Å²) in [7, 11) is -3.83. The molecule has 0 N–H and O–H groups in total. The molecule has 0 spiro atoms. The standard InChI is InChI=1S/C17H19O5P/c1-3-20-23(19,21-4-2)17(18)14-9-8-12-16(13-14)22-15-10-6-5-7-11-15/h5-13H,3-4H2,1-2H3. The minimum atomic E-state index is -3.83. The average molecular weight is 334 g/mol. The van der Waals surface area contributed by atoms with Crippen molar-refractivity contribution in [1.82, 2.24) is 0 Å². The molecule has 0 saturated heterocycles. The molecule has 0 aliphatic heterocycles. The Bertz CT molecular complexity index is 689. The van der Waals surface area contributed by atoms with Crippen LogP contribution in [0.5, 0.6) is 11.5 Å². The number of hydrogen-bond donors (Lipinski definition) is 0. The van der Waals surface area contributed by atoms with E-state index in [-0.39, 0.29) is 18.8 Å². The van der Waals surface area contributed by atoms with E-state index in [0.717, 1.165) is 0 Å². The summed E-state index contributed by atoms with van der Waals surface area (Å²) in [5, 5.41) is 0. The Morgan fingerprint density at radius 2 is 1.52 bits per heavy atom. The van der Waals surface area contributed by atoms with Gasteiger partial charge in [-0.15, -0.1) is 0 Å². The number of hydrogen-bond acceptors (Lipinski definition) is 5. The van der Waals surface area contributed by atoms with E-state index in [1.165, 1.54) is 6.07 Å². The van der Waals surface area contributed by atoms with Crippen molar-refractivity contribution in [3.8, 4) is 11.5 Å². The maximum absolute atomic E-state index is 12.5. The zero-order chi connectivity index (χ0) is 16.7. The van der Waals surface area contributed by atoms with E-state index >= 15 is 0 Å². The first-order valence-corrected chi connectivity index (χ1v) is 8.90. The Kier molecular flexibility index (Phi) is 6.11. The normalized spacial score (nSPS) is 11.2. The van der Waals surface area contributed by atoms with Gasteiger partial charge in [0.05, 0.1) is 13.2 Å². The molecular weight excluding hydrogens is 315 g/mol. The lowest BCUT2D eigenvalue weighted by molar-refractivity contribution is 0.100. The smallest absolute Gasteiger partial charge is 0.401 e. The number of para-hydroxylation sites is 1. The molecule has 2 aromatic rings. The van der Waals surface area contributed by atoms with Crippen LogP contribution in [0.15, 0.2) is 54.6 Å². The van der Waals surface area contributed by atoms with Gasteiger partial charge in [-0.25, -0.2) is 0 Å². The van der Waals surface area contributed by atoms with Gasteiger partial charge < -0.3 is 13.8 Å². The molecule has 0 aromatic heterocycles. The Hall–Kier alpha value is -1.94. The molecule has 23 heavy (non-hydrogen) atoms. The minimum absolute atomic E-state index is 0.128. The van der Waals surface area contributed by atoms with Crippen LogP contribution in [-0.4, -0.2) is 18.7 Å². The molecule has 2 aromatic carbocycles. The Labute approximate surface area is 135 Å². The highest BCUT2D eigenvalue weighted by Crippen LogP contribution is 2.51. The lowest BCUT2D eigenvalue weighted by Gasteiger charge is -2.15. The van der Waals surface area contributed by atoms with Crippen LogP contribution in [0.2, 0.25) is 0 Å². The van der Waals surface area contributed by atoms with Crippen LogP contribution in [0.3, 0.4) is 0 Å². The molecule has 0 heterocycles. The van der Waals surface area contributed by atoms with E-state index in [9.17, 15) is 9.36 Å². The number of ether oxygens (including phenoxy) is 1. The van der Waals surface area contributed by atoms with E-state index in [0.29, 0.717) is 11.5 Å². The summed E-state index contributed by atoms with van der Waals surface area (Å²) in [4.78, 5) is 12.5. The maximum Gasteiger partial charge on any atom is 0.401 e. The number of benzene rings is 2. The highest BCUT2D eigenvalue weighted by Gasteiger charge is 2.35. The Morgan fingerprint density at radius 1 is 0.913 bits per heavy atom. The molecule has 0 amide bonds. The van der Waals surface area contributed by atoms with E-state index in [1.807, 2.05) is 18.2 Å². The van der Waals surface area contributed by atoms with Gasteiger partial charge in [-0.3, -0.25) is 9.36 Å². The van der Waals surface area contributed by atoms with Crippen molar-refractivity contribution in [2.75, 3.05) is 13.2 Å². The average Bonchev–Trinajstić information content (AvgIpc) is 2.56. The fourth-order valence-electron chi connectivity index (χ4n) is 1.97. The summed E-state index contributed by atoms with van der Waals surface area (Å²) in [5.41, 5.74) is -0.441. The van der Waals surface area contributed by atoms with Crippen molar-refractivity contribution in [2.24, 2.45) is 0 Å². The zero-order valence-corrected chi connectivity index (χ0v) is 14.0. The molecule has 122 valence electrons. The summed E-state index contributed by atoms with van der Waals surface area (Å²) >= 11 is 0. The van der Waals surface area contributed by atoms with E-state index < -0.39 is 13.1 Å². The number of carbonyl (C=O) groups is 1. The number of rotatable bonds is 8. The van der Waals surface area contributed by atoms with Gasteiger partial charge in [0.25, 0.3) is 5.52 Å². The molecule has 0 bridgehead atoms. The van der Waals surface area contributed by atoms with Gasteiger partial charge in [0, 0.05) is 5.56 Å². The highest BCUT2D eigenvalue weighted by molar-refractivity contribution is 7.72. The predicted octanol–water partition coefficient (Wildman–Crippen LogP) is 4.89. The maximum atomic E-state index is 12.5. The van der Waals surface area contributed by atoms with Crippen molar-refractivity contribution < 1.29 is 23.1 Å². The fraction of sp³-hybridized carbons (Fsp3) is 0.235. The van der Waals surface area contributed by atoms with Crippen molar-refractivity contribution in [2.45, 2.75) is 13.8 Å². The molecule has 2 rings (SSSR count). The first-order valence-electron chi connectivity index (χ1n) is 7.36. The predicted molar refractivity (Wildman–Crippen MR) is 88.1 cm³/mol. The third kappa shape index (κ3) is 4.52. The lowest BCUT2D eigenvalue weighted by Crippen LogP contribution is -2.07. The summed E-state index contributed by atoms with van der Waals surface area (Å²) < 4.78 is 28.4. The molecule has 0 atom stereocenters. The van der Waals surface area contributed by atoms with E-state index in [1.54, 1.807) is 44.2 Å². The zero-order valence-electron chi connectivity index (χ0n) is 13.1. The lowest BCUT2D eigenvalue weighted by atomic mass is 10.2. The molecular formula is C17H19O5P. The fourth-order valence-corrected chi connectivity index (χ4v) is 3.41. The molecule has 0 unspecified atom stereocenters. The van der Waals surface area contributed by atoms with Crippen LogP contribution in [-0.2, 0) is 13.6 Å². The van der Waals surface area contributed by atoms with Gasteiger partial charge in [0.2, 0.25) is 0 Å². The number of carbonyl (C=O) groups excluding carboxylic acids is 1. The Morgan fingerprint density at radius 3 is 2.13 bits per heavy atom. The van der Waals surface area contributed by atoms with Crippen molar-refractivity contribution in [3.05, 3.63) is 60.2 Å². The van der Waals surface area contributed by atoms with Crippen LogP contribution in [0.4, 0.5) is 0 Å². The molecule has 6 heteroatoms. The summed E-state index contributed by atoms with van der Waals surface area (Å²) in [6, 6.07) is 15.7. The van der Waals surface area contributed by atoms with Crippen LogP contribution in [0.1, 0.15) is 24.2 Å². The topological polar surface area (TPSA) is 61.8 Å². The molecule has 0 aliphatic rings. The summed E-state index contributed by atoms with van der Waals surface area (Å²) in [6.07, 6.45) is 0. The largest absolute Gasteiger partial charge is 0.457 e. The minimum Gasteiger partial charge on any atom is -0.457 e. The quantitative estimate of drug-likeness (QED) is 0.644. The molecule has 5 nitrogen and oxygen atoms in total. The molecule has 0 saturated carbocycles. The van der Waals surface area contributed by atoms with E-state index in [4.69, 9.17) is 13.8 Å². The second-order valence-electron chi connectivity index (χ2n) is 4.58.